The van der Waals surface area contributed by atoms with Gasteiger partial charge in [0.15, 0.2) is 5.78 Å². The van der Waals surface area contributed by atoms with Crippen LogP contribution in [-0.2, 0) is 0 Å². The Morgan fingerprint density at radius 3 is 2.48 bits per heavy atom. The second kappa shape index (κ2) is 7.41. The Morgan fingerprint density at radius 2 is 1.81 bits per heavy atom. The van der Waals surface area contributed by atoms with Crippen LogP contribution in [0.3, 0.4) is 0 Å². The normalized spacial score (nSPS) is 10.6. The molecule has 0 saturated heterocycles. The molecule has 2 rings (SSSR count). The molecule has 0 spiro atoms. The number of carbonyl (C=O) groups excluding carboxylic acids is 1. The lowest BCUT2D eigenvalue weighted by atomic mass is 10.1. The molecule has 2 aromatic rings. The SMILES string of the molecule is Cc1ccc(SCCCC(=O)c2ccc(F)cc2)c(C)c1. The van der Waals surface area contributed by atoms with E-state index < -0.39 is 0 Å². The highest BCUT2D eigenvalue weighted by molar-refractivity contribution is 7.99. The van der Waals surface area contributed by atoms with E-state index in [-0.39, 0.29) is 11.6 Å². The Kier molecular flexibility index (Phi) is 5.57. The molecule has 0 N–H and O–H groups in total. The van der Waals surface area contributed by atoms with Gasteiger partial charge in [-0.25, -0.2) is 4.39 Å². The minimum absolute atomic E-state index is 0.0798. The maximum absolute atomic E-state index is 12.8. The van der Waals surface area contributed by atoms with E-state index in [4.69, 9.17) is 0 Å². The first-order valence-corrected chi connectivity index (χ1v) is 8.03. The third-order valence-electron chi connectivity index (χ3n) is 3.30. The summed E-state index contributed by atoms with van der Waals surface area (Å²) in [5.41, 5.74) is 3.14. The molecule has 0 heterocycles. The van der Waals surface area contributed by atoms with Crippen LogP contribution in [0.5, 0.6) is 0 Å². The molecular formula is C18H19FOS. The van der Waals surface area contributed by atoms with Crippen LogP contribution in [0.4, 0.5) is 4.39 Å². The maximum Gasteiger partial charge on any atom is 0.162 e. The van der Waals surface area contributed by atoms with Crippen molar-refractivity contribution in [1.29, 1.82) is 0 Å². The largest absolute Gasteiger partial charge is 0.294 e. The second-order valence-corrected chi connectivity index (χ2v) is 6.29. The van der Waals surface area contributed by atoms with Crippen LogP contribution in [0.25, 0.3) is 0 Å². The highest BCUT2D eigenvalue weighted by Crippen LogP contribution is 2.24. The first-order chi connectivity index (χ1) is 10.1. The summed E-state index contributed by atoms with van der Waals surface area (Å²) in [5, 5.41) is 0. The zero-order valence-electron chi connectivity index (χ0n) is 12.4. The van der Waals surface area contributed by atoms with E-state index in [1.807, 2.05) is 0 Å². The summed E-state index contributed by atoms with van der Waals surface area (Å²) in [7, 11) is 0. The third-order valence-corrected chi connectivity index (χ3v) is 4.56. The second-order valence-electron chi connectivity index (χ2n) is 5.15. The zero-order chi connectivity index (χ0) is 15.2. The zero-order valence-corrected chi connectivity index (χ0v) is 13.2. The molecule has 0 atom stereocenters. The minimum atomic E-state index is -0.308. The Balaban J connectivity index is 1.79. The topological polar surface area (TPSA) is 17.1 Å². The predicted molar refractivity (Wildman–Crippen MR) is 86.6 cm³/mol. The summed E-state index contributed by atoms with van der Waals surface area (Å²) in [6, 6.07) is 12.2. The van der Waals surface area contributed by atoms with E-state index in [1.165, 1.54) is 28.2 Å². The lowest BCUT2D eigenvalue weighted by Crippen LogP contribution is -1.99. The van der Waals surface area contributed by atoms with Gasteiger partial charge in [-0.05, 0) is 61.9 Å². The molecule has 0 amide bonds. The van der Waals surface area contributed by atoms with Gasteiger partial charge in [-0.2, -0.15) is 0 Å². The number of benzene rings is 2. The number of aryl methyl sites for hydroxylation is 2. The first kappa shape index (κ1) is 15.8. The van der Waals surface area contributed by atoms with Crippen molar-refractivity contribution in [2.24, 2.45) is 0 Å². The number of thioether (sulfide) groups is 1. The monoisotopic (exact) mass is 302 g/mol. The summed E-state index contributed by atoms with van der Waals surface area (Å²) in [4.78, 5) is 13.2. The fraction of sp³-hybridized carbons (Fsp3) is 0.278. The number of halogens is 1. The summed E-state index contributed by atoms with van der Waals surface area (Å²) in [6.07, 6.45) is 1.33. The molecule has 0 aliphatic heterocycles. The molecule has 0 unspecified atom stereocenters. The molecule has 2 aromatic carbocycles. The van der Waals surface area contributed by atoms with Crippen LogP contribution >= 0.6 is 11.8 Å². The number of ketones is 1. The van der Waals surface area contributed by atoms with Gasteiger partial charge < -0.3 is 0 Å². The highest BCUT2D eigenvalue weighted by atomic mass is 32.2. The van der Waals surface area contributed by atoms with Crippen LogP contribution in [0, 0.1) is 19.7 Å². The molecule has 0 fully saturated rings. The van der Waals surface area contributed by atoms with Gasteiger partial charge in [0.25, 0.3) is 0 Å². The van der Waals surface area contributed by atoms with E-state index >= 15 is 0 Å². The van der Waals surface area contributed by atoms with E-state index in [9.17, 15) is 9.18 Å². The van der Waals surface area contributed by atoms with Gasteiger partial charge in [-0.1, -0.05) is 17.7 Å². The molecule has 0 radical (unpaired) electrons. The van der Waals surface area contributed by atoms with Crippen LogP contribution in [-0.4, -0.2) is 11.5 Å². The van der Waals surface area contributed by atoms with Crippen molar-refractivity contribution in [3.8, 4) is 0 Å². The highest BCUT2D eigenvalue weighted by Gasteiger charge is 2.06. The number of Topliss-reactive ketones (excluding diaryl/α,β-unsaturated/α-hetero) is 1. The van der Waals surface area contributed by atoms with Gasteiger partial charge >= 0.3 is 0 Å². The fourth-order valence-corrected chi connectivity index (χ4v) is 3.12. The van der Waals surface area contributed by atoms with Crippen molar-refractivity contribution < 1.29 is 9.18 Å². The van der Waals surface area contributed by atoms with Crippen molar-refractivity contribution in [3.63, 3.8) is 0 Å². The smallest absolute Gasteiger partial charge is 0.162 e. The van der Waals surface area contributed by atoms with Crippen LogP contribution in [0.2, 0.25) is 0 Å². The number of hydrogen-bond donors (Lipinski definition) is 0. The summed E-state index contributed by atoms with van der Waals surface area (Å²) < 4.78 is 12.8. The van der Waals surface area contributed by atoms with E-state index in [1.54, 1.807) is 23.9 Å². The standard InChI is InChI=1S/C18H19FOS/c1-13-5-10-18(14(2)12-13)21-11-3-4-17(20)15-6-8-16(19)9-7-15/h5-10,12H,3-4,11H2,1-2H3. The minimum Gasteiger partial charge on any atom is -0.294 e. The number of rotatable bonds is 6. The third kappa shape index (κ3) is 4.71. The van der Waals surface area contributed by atoms with E-state index in [2.05, 4.69) is 32.0 Å². The van der Waals surface area contributed by atoms with Crippen molar-refractivity contribution in [2.75, 3.05) is 5.75 Å². The van der Waals surface area contributed by atoms with Crippen molar-refractivity contribution in [1.82, 2.24) is 0 Å². The summed E-state index contributed by atoms with van der Waals surface area (Å²) >= 11 is 1.78. The van der Waals surface area contributed by atoms with Gasteiger partial charge in [0.05, 0.1) is 0 Å². The van der Waals surface area contributed by atoms with Gasteiger partial charge in [-0.3, -0.25) is 4.79 Å². The molecule has 0 aliphatic rings. The Labute approximate surface area is 129 Å². The van der Waals surface area contributed by atoms with Gasteiger partial charge in [0.2, 0.25) is 0 Å². The van der Waals surface area contributed by atoms with Crippen LogP contribution in [0.1, 0.15) is 34.3 Å². The van der Waals surface area contributed by atoms with E-state index in [0.717, 1.165) is 12.2 Å². The quantitative estimate of drug-likeness (QED) is 0.414. The first-order valence-electron chi connectivity index (χ1n) is 7.05. The van der Waals surface area contributed by atoms with Gasteiger partial charge in [0.1, 0.15) is 5.82 Å². The average molecular weight is 302 g/mol. The Hall–Kier alpha value is -1.61. The lowest BCUT2D eigenvalue weighted by Gasteiger charge is -2.06. The molecule has 0 saturated carbocycles. The molecular weight excluding hydrogens is 283 g/mol. The molecule has 21 heavy (non-hydrogen) atoms. The number of hydrogen-bond acceptors (Lipinski definition) is 2. The molecule has 0 aromatic heterocycles. The summed E-state index contributed by atoms with van der Waals surface area (Å²) in [5.74, 6) is 0.685. The molecule has 0 aliphatic carbocycles. The fourth-order valence-electron chi connectivity index (χ4n) is 2.16. The van der Waals surface area contributed by atoms with Crippen molar-refractivity contribution >= 4 is 17.5 Å². The Bertz CT molecular complexity index is 620. The molecule has 1 nitrogen and oxygen atoms in total. The predicted octanol–water partition coefficient (Wildman–Crippen LogP) is 5.20. The lowest BCUT2D eigenvalue weighted by molar-refractivity contribution is 0.0982. The maximum atomic E-state index is 12.8. The van der Waals surface area contributed by atoms with E-state index in [0.29, 0.717) is 12.0 Å². The average Bonchev–Trinajstić information content (AvgIpc) is 2.46. The van der Waals surface area contributed by atoms with Crippen molar-refractivity contribution in [2.45, 2.75) is 31.6 Å². The van der Waals surface area contributed by atoms with Gasteiger partial charge in [-0.15, -0.1) is 11.8 Å². The van der Waals surface area contributed by atoms with Crippen LogP contribution in [0.15, 0.2) is 47.4 Å². The molecule has 3 heteroatoms. The van der Waals surface area contributed by atoms with Crippen LogP contribution < -0.4 is 0 Å². The van der Waals surface area contributed by atoms with Crippen molar-refractivity contribution in [3.05, 3.63) is 65.0 Å². The molecule has 0 bridgehead atoms. The van der Waals surface area contributed by atoms with Gasteiger partial charge in [0, 0.05) is 16.9 Å². The molecule has 110 valence electrons. The Morgan fingerprint density at radius 1 is 1.10 bits per heavy atom. The number of carbonyl (C=O) groups is 1. The summed E-state index contributed by atoms with van der Waals surface area (Å²) in [6.45, 7) is 4.20.